The quantitative estimate of drug-likeness (QED) is 0.718. The van der Waals surface area contributed by atoms with E-state index in [4.69, 9.17) is 11.6 Å². The Morgan fingerprint density at radius 2 is 2.04 bits per heavy atom. The number of carbonyl (C=O) groups excluding carboxylic acids is 1. The smallest absolute Gasteiger partial charge is 0.268 e. The molecule has 0 bridgehead atoms. The molecule has 130 valence electrons. The number of H-pyrrole nitrogens is 1. The molecule has 1 amide bonds. The topological polar surface area (TPSA) is 66.1 Å². The summed E-state index contributed by atoms with van der Waals surface area (Å²) < 4.78 is 0.600. The fourth-order valence-electron chi connectivity index (χ4n) is 2.18. The predicted molar refractivity (Wildman–Crippen MR) is 106 cm³/mol. The van der Waals surface area contributed by atoms with Crippen LogP contribution in [0.4, 0.5) is 0 Å². The molecule has 2 aromatic heterocycles. The minimum atomic E-state index is -0.148. The van der Waals surface area contributed by atoms with Crippen molar-refractivity contribution in [3.8, 4) is 10.4 Å². The van der Waals surface area contributed by atoms with Crippen LogP contribution in [0.25, 0.3) is 20.7 Å². The Morgan fingerprint density at radius 1 is 1.32 bits per heavy atom. The monoisotopic (exact) mass is 393 g/mol. The standard InChI is InChI=1S/C17H16ClN3O2S2/c1-21(2)15(22)9-24-8-14-19-12-7-13(25-16(12)17(23)20-14)10-3-5-11(18)6-4-10/h3-7H,8-9H2,1-2H3,(H,19,20,23). The van der Waals surface area contributed by atoms with E-state index in [1.54, 1.807) is 19.0 Å². The number of thioether (sulfide) groups is 1. The molecule has 25 heavy (non-hydrogen) atoms. The van der Waals surface area contributed by atoms with Gasteiger partial charge in [0, 0.05) is 24.0 Å². The van der Waals surface area contributed by atoms with Crippen LogP contribution >= 0.6 is 34.7 Å². The van der Waals surface area contributed by atoms with Crippen LogP contribution in [-0.4, -0.2) is 40.6 Å². The van der Waals surface area contributed by atoms with E-state index in [0.29, 0.717) is 32.6 Å². The zero-order chi connectivity index (χ0) is 18.0. The van der Waals surface area contributed by atoms with Crippen LogP contribution in [0, 0.1) is 0 Å². The first-order valence-electron chi connectivity index (χ1n) is 7.50. The lowest BCUT2D eigenvalue weighted by Gasteiger charge is -2.09. The maximum atomic E-state index is 12.3. The van der Waals surface area contributed by atoms with E-state index in [1.807, 2.05) is 30.3 Å². The first-order valence-corrected chi connectivity index (χ1v) is 9.85. The minimum Gasteiger partial charge on any atom is -0.348 e. The van der Waals surface area contributed by atoms with E-state index < -0.39 is 0 Å². The van der Waals surface area contributed by atoms with Gasteiger partial charge >= 0.3 is 0 Å². The molecule has 0 aliphatic heterocycles. The Hall–Kier alpha value is -1.83. The molecule has 3 aromatic rings. The first-order chi connectivity index (χ1) is 11.9. The first kappa shape index (κ1) is 18.0. The molecule has 2 heterocycles. The van der Waals surface area contributed by atoms with E-state index >= 15 is 0 Å². The summed E-state index contributed by atoms with van der Waals surface area (Å²) in [5.41, 5.74) is 1.53. The second kappa shape index (κ2) is 7.59. The molecule has 8 heteroatoms. The normalized spacial score (nSPS) is 11.0. The van der Waals surface area contributed by atoms with Crippen LogP contribution in [-0.2, 0) is 10.5 Å². The van der Waals surface area contributed by atoms with Gasteiger partial charge in [-0.1, -0.05) is 23.7 Å². The van der Waals surface area contributed by atoms with Gasteiger partial charge in [-0.3, -0.25) is 9.59 Å². The van der Waals surface area contributed by atoms with Gasteiger partial charge in [0.2, 0.25) is 5.91 Å². The highest BCUT2D eigenvalue weighted by Crippen LogP contribution is 2.31. The summed E-state index contributed by atoms with van der Waals surface area (Å²) in [6.45, 7) is 0. The molecule has 0 saturated carbocycles. The molecule has 0 radical (unpaired) electrons. The Labute approximate surface area is 158 Å². The van der Waals surface area contributed by atoms with E-state index in [1.165, 1.54) is 23.1 Å². The van der Waals surface area contributed by atoms with Crippen molar-refractivity contribution in [2.75, 3.05) is 19.8 Å². The highest BCUT2D eigenvalue weighted by molar-refractivity contribution is 7.99. The molecule has 0 unspecified atom stereocenters. The van der Waals surface area contributed by atoms with Crippen molar-refractivity contribution in [1.29, 1.82) is 0 Å². The maximum Gasteiger partial charge on any atom is 0.268 e. The highest BCUT2D eigenvalue weighted by atomic mass is 35.5. The van der Waals surface area contributed by atoms with Crippen LogP contribution < -0.4 is 5.56 Å². The summed E-state index contributed by atoms with van der Waals surface area (Å²) in [7, 11) is 3.44. The third kappa shape index (κ3) is 4.23. The fourth-order valence-corrected chi connectivity index (χ4v) is 4.17. The van der Waals surface area contributed by atoms with Crippen LogP contribution in [0.5, 0.6) is 0 Å². The number of aromatic amines is 1. The minimum absolute atomic E-state index is 0.0361. The second-order valence-corrected chi connectivity index (χ2v) is 8.10. The van der Waals surface area contributed by atoms with Crippen molar-refractivity contribution >= 4 is 50.8 Å². The predicted octanol–water partition coefficient (Wildman–Crippen LogP) is 3.63. The molecule has 5 nitrogen and oxygen atoms in total. The Balaban J connectivity index is 1.83. The molecule has 3 rings (SSSR count). The number of hydrogen-bond donors (Lipinski definition) is 1. The van der Waals surface area contributed by atoms with E-state index in [-0.39, 0.29) is 11.5 Å². The SMILES string of the molecule is CN(C)C(=O)CSCc1nc2cc(-c3ccc(Cl)cc3)sc2c(=O)[nH]1. The average Bonchev–Trinajstić information content (AvgIpc) is 3.00. The number of rotatable bonds is 5. The number of amides is 1. The van der Waals surface area contributed by atoms with Crippen molar-refractivity contribution in [1.82, 2.24) is 14.9 Å². The van der Waals surface area contributed by atoms with Gasteiger partial charge < -0.3 is 9.88 Å². The van der Waals surface area contributed by atoms with Gasteiger partial charge in [0.05, 0.1) is 17.0 Å². The van der Waals surface area contributed by atoms with Crippen LogP contribution in [0.1, 0.15) is 5.82 Å². The lowest BCUT2D eigenvalue weighted by atomic mass is 10.2. The summed E-state index contributed by atoms with van der Waals surface area (Å²) in [6, 6.07) is 9.40. The third-order valence-electron chi connectivity index (χ3n) is 3.52. The van der Waals surface area contributed by atoms with Crippen LogP contribution in [0.15, 0.2) is 35.1 Å². The lowest BCUT2D eigenvalue weighted by Crippen LogP contribution is -2.23. The van der Waals surface area contributed by atoms with E-state index in [0.717, 1.165) is 10.4 Å². The van der Waals surface area contributed by atoms with Gasteiger partial charge in [-0.05, 0) is 23.8 Å². The second-order valence-electron chi connectivity index (χ2n) is 5.63. The van der Waals surface area contributed by atoms with E-state index in [2.05, 4.69) is 9.97 Å². The van der Waals surface area contributed by atoms with Gasteiger partial charge in [0.25, 0.3) is 5.56 Å². The lowest BCUT2D eigenvalue weighted by molar-refractivity contribution is -0.125. The van der Waals surface area contributed by atoms with Crippen LogP contribution in [0.3, 0.4) is 0 Å². The molecular formula is C17H16ClN3O2S2. The molecule has 0 saturated heterocycles. The molecule has 0 atom stereocenters. The van der Waals surface area contributed by atoms with Gasteiger partial charge in [-0.25, -0.2) is 4.98 Å². The zero-order valence-electron chi connectivity index (χ0n) is 13.7. The van der Waals surface area contributed by atoms with Crippen LogP contribution in [0.2, 0.25) is 5.02 Å². The number of thiophene rings is 1. The molecule has 0 spiro atoms. The number of benzene rings is 1. The van der Waals surface area contributed by atoms with Gasteiger partial charge in [-0.15, -0.1) is 23.1 Å². The van der Waals surface area contributed by atoms with Crippen molar-refractivity contribution in [2.45, 2.75) is 5.75 Å². The summed E-state index contributed by atoms with van der Waals surface area (Å²) in [5, 5.41) is 0.674. The van der Waals surface area contributed by atoms with Gasteiger partial charge in [-0.2, -0.15) is 0 Å². The number of nitrogens with one attached hydrogen (secondary N) is 1. The molecule has 1 aromatic carbocycles. The Morgan fingerprint density at radius 3 is 2.72 bits per heavy atom. The third-order valence-corrected chi connectivity index (χ3v) is 5.88. The van der Waals surface area contributed by atoms with Gasteiger partial charge in [0.15, 0.2) is 0 Å². The summed E-state index contributed by atoms with van der Waals surface area (Å²) in [5.74, 6) is 1.45. The Kier molecular flexibility index (Phi) is 5.46. The number of fused-ring (bicyclic) bond motifs is 1. The number of nitrogens with zero attached hydrogens (tertiary/aromatic N) is 2. The summed E-state index contributed by atoms with van der Waals surface area (Å²) >= 11 is 8.76. The molecule has 0 aliphatic carbocycles. The number of carbonyl (C=O) groups is 1. The summed E-state index contributed by atoms with van der Waals surface area (Å²) in [4.78, 5) is 33.8. The number of aromatic nitrogens is 2. The average molecular weight is 394 g/mol. The van der Waals surface area contributed by atoms with Crippen molar-refractivity contribution in [3.63, 3.8) is 0 Å². The molecule has 1 N–H and O–H groups in total. The van der Waals surface area contributed by atoms with Gasteiger partial charge in [0.1, 0.15) is 10.5 Å². The van der Waals surface area contributed by atoms with E-state index in [9.17, 15) is 9.59 Å². The van der Waals surface area contributed by atoms with Crippen molar-refractivity contribution < 1.29 is 4.79 Å². The zero-order valence-corrected chi connectivity index (χ0v) is 16.1. The number of halogens is 1. The fraction of sp³-hybridized carbons (Fsp3) is 0.235. The van der Waals surface area contributed by atoms with Crippen molar-refractivity contribution in [3.05, 3.63) is 51.5 Å². The number of hydrogen-bond acceptors (Lipinski definition) is 5. The largest absolute Gasteiger partial charge is 0.348 e. The highest BCUT2D eigenvalue weighted by Gasteiger charge is 2.11. The maximum absolute atomic E-state index is 12.3. The molecular weight excluding hydrogens is 378 g/mol. The van der Waals surface area contributed by atoms with Crippen molar-refractivity contribution in [2.24, 2.45) is 0 Å². The molecule has 0 fully saturated rings. The molecule has 0 aliphatic rings. The summed E-state index contributed by atoms with van der Waals surface area (Å²) in [6.07, 6.45) is 0. The Bertz CT molecular complexity index is 964.